The van der Waals surface area contributed by atoms with Crippen LogP contribution >= 0.6 is 0 Å². The van der Waals surface area contributed by atoms with Gasteiger partial charge in [-0.2, -0.15) is 4.98 Å². The summed E-state index contributed by atoms with van der Waals surface area (Å²) in [6.45, 7) is 7.59. The normalized spacial score (nSPS) is 11.1. The molecule has 9 heteroatoms. The van der Waals surface area contributed by atoms with Gasteiger partial charge in [-0.15, -0.1) is 0 Å². The second-order valence-corrected chi connectivity index (χ2v) is 6.31. The average Bonchev–Trinajstić information content (AvgIpc) is 3.20. The quantitative estimate of drug-likeness (QED) is 0.622. The molecule has 1 aromatic carbocycles. The zero-order valence-corrected chi connectivity index (χ0v) is 15.4. The van der Waals surface area contributed by atoms with E-state index in [4.69, 9.17) is 9.05 Å². The maximum absolute atomic E-state index is 12.4. The van der Waals surface area contributed by atoms with Gasteiger partial charge in [0.2, 0.25) is 11.7 Å². The first-order chi connectivity index (χ1) is 12.8. The van der Waals surface area contributed by atoms with Gasteiger partial charge in [0.1, 0.15) is 17.1 Å². The summed E-state index contributed by atoms with van der Waals surface area (Å²) in [7, 11) is 0. The number of benzene rings is 1. The van der Waals surface area contributed by atoms with Crippen LogP contribution in [0.3, 0.4) is 0 Å². The van der Waals surface area contributed by atoms with Crippen LogP contribution in [0.25, 0.3) is 22.7 Å². The molecule has 3 aromatic rings. The Morgan fingerprint density at radius 3 is 2.52 bits per heavy atom. The van der Waals surface area contributed by atoms with Crippen LogP contribution in [-0.4, -0.2) is 38.0 Å². The van der Waals surface area contributed by atoms with Gasteiger partial charge in [-0.25, -0.2) is 0 Å². The number of aromatic hydroxyl groups is 2. The van der Waals surface area contributed by atoms with E-state index < -0.39 is 5.91 Å². The van der Waals surface area contributed by atoms with Crippen molar-refractivity contribution in [3.63, 3.8) is 0 Å². The lowest BCUT2D eigenvalue weighted by Crippen LogP contribution is -2.23. The molecular formula is C18H20N4O5. The molecule has 0 saturated heterocycles. The second-order valence-electron chi connectivity index (χ2n) is 6.31. The number of hydrogen-bond acceptors (Lipinski definition) is 8. The molecular weight excluding hydrogens is 352 g/mol. The highest BCUT2D eigenvalue weighted by Crippen LogP contribution is 2.42. The Bertz CT molecular complexity index is 990. The minimum atomic E-state index is -0.465. The van der Waals surface area contributed by atoms with Crippen molar-refractivity contribution in [2.75, 3.05) is 6.54 Å². The molecule has 3 N–H and O–H groups in total. The van der Waals surface area contributed by atoms with Crippen molar-refractivity contribution in [2.24, 2.45) is 0 Å². The molecule has 1 amide bonds. The Hall–Kier alpha value is -3.36. The topological polar surface area (TPSA) is 135 Å². The minimum absolute atomic E-state index is 0.00833. The van der Waals surface area contributed by atoms with Gasteiger partial charge >= 0.3 is 0 Å². The highest BCUT2D eigenvalue weighted by Gasteiger charge is 2.29. The largest absolute Gasteiger partial charge is 0.508 e. The number of aromatic nitrogens is 3. The summed E-state index contributed by atoms with van der Waals surface area (Å²) in [4.78, 5) is 16.5. The average molecular weight is 372 g/mol. The second kappa shape index (κ2) is 7.10. The van der Waals surface area contributed by atoms with E-state index in [2.05, 4.69) is 20.6 Å². The highest BCUT2D eigenvalue weighted by atomic mass is 16.5. The van der Waals surface area contributed by atoms with E-state index in [0.717, 1.165) is 0 Å². The molecule has 142 valence electrons. The van der Waals surface area contributed by atoms with Crippen LogP contribution in [0.1, 0.15) is 48.6 Å². The van der Waals surface area contributed by atoms with Gasteiger partial charge in [-0.05, 0) is 24.5 Å². The molecule has 0 unspecified atom stereocenters. The highest BCUT2D eigenvalue weighted by molar-refractivity contribution is 6.01. The van der Waals surface area contributed by atoms with Gasteiger partial charge in [0.15, 0.2) is 11.5 Å². The third-order valence-electron chi connectivity index (χ3n) is 4.01. The van der Waals surface area contributed by atoms with E-state index in [-0.39, 0.29) is 45.8 Å². The van der Waals surface area contributed by atoms with Crippen molar-refractivity contribution in [3.05, 3.63) is 29.3 Å². The molecule has 0 fully saturated rings. The lowest BCUT2D eigenvalue weighted by Gasteiger charge is -2.11. The van der Waals surface area contributed by atoms with Gasteiger partial charge in [0.25, 0.3) is 5.91 Å². The summed E-state index contributed by atoms with van der Waals surface area (Å²) in [5, 5.41) is 30.8. The van der Waals surface area contributed by atoms with E-state index in [1.165, 1.54) is 6.07 Å². The maximum atomic E-state index is 12.4. The zero-order chi connectivity index (χ0) is 19.7. The van der Waals surface area contributed by atoms with E-state index >= 15 is 0 Å². The Labute approximate surface area is 155 Å². The van der Waals surface area contributed by atoms with Crippen LogP contribution in [0, 0.1) is 6.92 Å². The fourth-order valence-electron chi connectivity index (χ4n) is 2.72. The van der Waals surface area contributed by atoms with Crippen LogP contribution < -0.4 is 5.32 Å². The molecule has 0 aliphatic rings. The standard InChI is InChI=1S/C18H20N4O5/c1-5-19-18(25)15-14(17-20-9(4)26-22-17)16(27-21-15)11-6-10(8(2)3)12(23)7-13(11)24/h6-8,23-24H,5H2,1-4H3,(H,19,25). The molecule has 27 heavy (non-hydrogen) atoms. The number of phenolic OH excluding ortho intramolecular Hbond substituents is 2. The van der Waals surface area contributed by atoms with E-state index in [0.29, 0.717) is 18.0 Å². The molecule has 9 nitrogen and oxygen atoms in total. The smallest absolute Gasteiger partial charge is 0.274 e. The molecule has 0 spiro atoms. The number of hydrogen-bond donors (Lipinski definition) is 3. The number of nitrogens with zero attached hydrogens (tertiary/aromatic N) is 3. The van der Waals surface area contributed by atoms with Crippen LogP contribution in [0.2, 0.25) is 0 Å². The first-order valence-electron chi connectivity index (χ1n) is 8.48. The van der Waals surface area contributed by atoms with Crippen molar-refractivity contribution in [1.29, 1.82) is 0 Å². The van der Waals surface area contributed by atoms with Gasteiger partial charge in [-0.1, -0.05) is 24.2 Å². The monoisotopic (exact) mass is 372 g/mol. The third kappa shape index (κ3) is 3.35. The molecule has 2 heterocycles. The lowest BCUT2D eigenvalue weighted by molar-refractivity contribution is 0.0947. The Morgan fingerprint density at radius 1 is 1.19 bits per heavy atom. The maximum Gasteiger partial charge on any atom is 0.274 e. The summed E-state index contributed by atoms with van der Waals surface area (Å²) in [5.74, 6) is -0.209. The van der Waals surface area contributed by atoms with Crippen LogP contribution in [0.15, 0.2) is 21.2 Å². The fourth-order valence-corrected chi connectivity index (χ4v) is 2.72. The third-order valence-corrected chi connectivity index (χ3v) is 4.01. The Kier molecular flexibility index (Phi) is 4.85. The van der Waals surface area contributed by atoms with Gasteiger partial charge < -0.3 is 24.6 Å². The number of amides is 1. The van der Waals surface area contributed by atoms with Crippen LogP contribution in [0.5, 0.6) is 11.5 Å². The SMILES string of the molecule is CCNC(=O)c1noc(-c2cc(C(C)C)c(O)cc2O)c1-c1noc(C)n1. The number of phenols is 2. The van der Waals surface area contributed by atoms with E-state index in [1.807, 2.05) is 13.8 Å². The van der Waals surface area contributed by atoms with E-state index in [1.54, 1.807) is 19.9 Å². The van der Waals surface area contributed by atoms with Crippen LogP contribution in [-0.2, 0) is 0 Å². The van der Waals surface area contributed by atoms with Gasteiger partial charge in [0.05, 0.1) is 5.56 Å². The summed E-state index contributed by atoms with van der Waals surface area (Å²) in [6.07, 6.45) is 0. The van der Waals surface area contributed by atoms with Crippen molar-refractivity contribution in [3.8, 4) is 34.2 Å². The Balaban J connectivity index is 2.25. The first-order valence-corrected chi connectivity index (χ1v) is 8.48. The molecule has 0 atom stereocenters. The number of carbonyl (C=O) groups excluding carboxylic acids is 1. The summed E-state index contributed by atoms with van der Waals surface area (Å²) in [6, 6.07) is 2.82. The van der Waals surface area contributed by atoms with Crippen molar-refractivity contribution in [1.82, 2.24) is 20.6 Å². The molecule has 2 aromatic heterocycles. The summed E-state index contributed by atoms with van der Waals surface area (Å²) in [5.41, 5.74) is 1.05. The van der Waals surface area contributed by atoms with Crippen molar-refractivity contribution in [2.45, 2.75) is 33.6 Å². The zero-order valence-electron chi connectivity index (χ0n) is 15.4. The molecule has 0 aliphatic carbocycles. The van der Waals surface area contributed by atoms with E-state index in [9.17, 15) is 15.0 Å². The fraction of sp³-hybridized carbons (Fsp3) is 0.333. The van der Waals surface area contributed by atoms with Gasteiger partial charge in [0, 0.05) is 19.5 Å². The number of rotatable bonds is 5. The van der Waals surface area contributed by atoms with Gasteiger partial charge in [-0.3, -0.25) is 4.79 Å². The van der Waals surface area contributed by atoms with Crippen molar-refractivity contribution < 1.29 is 24.1 Å². The molecule has 0 bridgehead atoms. The van der Waals surface area contributed by atoms with Crippen molar-refractivity contribution >= 4 is 5.91 Å². The molecule has 0 aliphatic heterocycles. The number of nitrogens with one attached hydrogen (secondary N) is 1. The molecule has 0 saturated carbocycles. The lowest BCUT2D eigenvalue weighted by atomic mass is 9.96. The predicted molar refractivity (Wildman–Crippen MR) is 95.4 cm³/mol. The first kappa shape index (κ1) is 18.4. The predicted octanol–water partition coefficient (Wildman–Crippen LogP) is 2.98. The molecule has 0 radical (unpaired) electrons. The minimum Gasteiger partial charge on any atom is -0.508 e. The number of aryl methyl sites for hydroxylation is 1. The number of carbonyl (C=O) groups is 1. The van der Waals surface area contributed by atoms with Crippen LogP contribution in [0.4, 0.5) is 0 Å². The molecule has 3 rings (SSSR count). The summed E-state index contributed by atoms with van der Waals surface area (Å²) >= 11 is 0. The Morgan fingerprint density at radius 2 is 1.93 bits per heavy atom. The summed E-state index contributed by atoms with van der Waals surface area (Å²) < 4.78 is 10.4.